The number of hydrogen-bond acceptors (Lipinski definition) is 1. The summed E-state index contributed by atoms with van der Waals surface area (Å²) in [7, 11) is 0. The number of benzene rings is 2. The van der Waals surface area contributed by atoms with E-state index in [9.17, 15) is 4.79 Å². The fourth-order valence-electron chi connectivity index (χ4n) is 2.74. The van der Waals surface area contributed by atoms with Crippen LogP contribution in [0.1, 0.15) is 53.4 Å². The van der Waals surface area contributed by atoms with Gasteiger partial charge in [0.05, 0.1) is 6.04 Å². The first kappa shape index (κ1) is 16.3. The van der Waals surface area contributed by atoms with Crippen LogP contribution in [0.15, 0.2) is 48.5 Å². The molecule has 2 rings (SSSR count). The Kier molecular flexibility index (Phi) is 5.37. The third-order valence-corrected chi connectivity index (χ3v) is 3.84. The summed E-state index contributed by atoms with van der Waals surface area (Å²) in [6.45, 7) is 8.39. The van der Waals surface area contributed by atoms with E-state index in [0.717, 1.165) is 23.1 Å². The van der Waals surface area contributed by atoms with Gasteiger partial charge in [0.15, 0.2) is 0 Å². The van der Waals surface area contributed by atoms with E-state index in [4.69, 9.17) is 0 Å². The van der Waals surface area contributed by atoms with Crippen molar-refractivity contribution in [2.24, 2.45) is 5.92 Å². The Morgan fingerprint density at radius 1 is 1.05 bits per heavy atom. The lowest BCUT2D eigenvalue weighted by Crippen LogP contribution is -2.30. The van der Waals surface area contributed by atoms with E-state index >= 15 is 0 Å². The minimum Gasteiger partial charge on any atom is -0.345 e. The van der Waals surface area contributed by atoms with Crippen LogP contribution in [0.2, 0.25) is 0 Å². The zero-order valence-electron chi connectivity index (χ0n) is 13.9. The van der Waals surface area contributed by atoms with Gasteiger partial charge in [0.25, 0.3) is 5.91 Å². The van der Waals surface area contributed by atoms with E-state index in [1.54, 1.807) is 0 Å². The maximum Gasteiger partial charge on any atom is 0.252 e. The van der Waals surface area contributed by atoms with Gasteiger partial charge in [-0.2, -0.15) is 0 Å². The molecule has 1 atom stereocenters. The molecule has 0 saturated carbocycles. The minimum atomic E-state index is 0.00648. The van der Waals surface area contributed by atoms with E-state index in [1.165, 1.54) is 5.56 Å². The molecule has 0 radical (unpaired) electrons. The molecule has 0 aliphatic heterocycles. The Balaban J connectivity index is 2.21. The summed E-state index contributed by atoms with van der Waals surface area (Å²) in [6, 6.07) is 16.2. The van der Waals surface area contributed by atoms with Gasteiger partial charge in [0.2, 0.25) is 0 Å². The monoisotopic (exact) mass is 295 g/mol. The highest BCUT2D eigenvalue weighted by atomic mass is 16.1. The number of carbonyl (C=O) groups is 1. The van der Waals surface area contributed by atoms with Crippen molar-refractivity contribution < 1.29 is 4.79 Å². The van der Waals surface area contributed by atoms with Crippen LogP contribution in [-0.2, 0) is 0 Å². The van der Waals surface area contributed by atoms with E-state index in [0.29, 0.717) is 5.92 Å². The number of nitrogens with one attached hydrogen (secondary N) is 1. The summed E-state index contributed by atoms with van der Waals surface area (Å²) < 4.78 is 0. The maximum absolute atomic E-state index is 12.6. The normalized spacial score (nSPS) is 12.2. The second-order valence-electron chi connectivity index (χ2n) is 6.38. The number of rotatable bonds is 5. The van der Waals surface area contributed by atoms with Gasteiger partial charge in [-0.25, -0.2) is 0 Å². The lowest BCUT2D eigenvalue weighted by molar-refractivity contribution is 0.0931. The van der Waals surface area contributed by atoms with Crippen molar-refractivity contribution in [2.75, 3.05) is 0 Å². The van der Waals surface area contributed by atoms with Crippen molar-refractivity contribution in [3.05, 3.63) is 70.8 Å². The Morgan fingerprint density at radius 2 is 1.73 bits per heavy atom. The number of carbonyl (C=O) groups excluding carboxylic acids is 1. The number of aryl methyl sites for hydroxylation is 2. The first-order chi connectivity index (χ1) is 10.5. The Morgan fingerprint density at radius 3 is 2.32 bits per heavy atom. The Labute approximate surface area is 133 Å². The first-order valence-electron chi connectivity index (χ1n) is 7.90. The molecule has 2 aromatic rings. The summed E-state index contributed by atoms with van der Waals surface area (Å²) in [5.41, 5.74) is 4.12. The van der Waals surface area contributed by atoms with E-state index in [1.807, 2.05) is 44.2 Å². The summed E-state index contributed by atoms with van der Waals surface area (Å²) in [5, 5.41) is 3.20. The Hall–Kier alpha value is -2.09. The highest BCUT2D eigenvalue weighted by molar-refractivity contribution is 5.95. The van der Waals surface area contributed by atoms with Gasteiger partial charge in [-0.1, -0.05) is 61.9 Å². The van der Waals surface area contributed by atoms with Gasteiger partial charge < -0.3 is 5.32 Å². The van der Waals surface area contributed by atoms with Gasteiger partial charge in [0.1, 0.15) is 0 Å². The van der Waals surface area contributed by atoms with E-state index in [2.05, 4.69) is 37.4 Å². The van der Waals surface area contributed by atoms with Crippen molar-refractivity contribution in [1.29, 1.82) is 0 Å². The average molecular weight is 295 g/mol. The molecule has 0 fully saturated rings. The second-order valence-corrected chi connectivity index (χ2v) is 6.38. The lowest BCUT2D eigenvalue weighted by atomic mass is 9.96. The molecule has 1 unspecified atom stereocenters. The highest BCUT2D eigenvalue weighted by Gasteiger charge is 2.18. The predicted molar refractivity (Wildman–Crippen MR) is 92.0 cm³/mol. The van der Waals surface area contributed by atoms with Gasteiger partial charge in [-0.15, -0.1) is 0 Å². The molecule has 0 spiro atoms. The summed E-state index contributed by atoms with van der Waals surface area (Å²) in [6.07, 6.45) is 0.931. The molecule has 1 N–H and O–H groups in total. The van der Waals surface area contributed by atoms with Gasteiger partial charge in [-0.05, 0) is 43.4 Å². The van der Waals surface area contributed by atoms with Crippen LogP contribution in [-0.4, -0.2) is 5.91 Å². The third-order valence-electron chi connectivity index (χ3n) is 3.84. The molecular weight excluding hydrogens is 270 g/mol. The fourth-order valence-corrected chi connectivity index (χ4v) is 2.74. The fraction of sp³-hybridized carbons (Fsp3) is 0.350. The molecule has 0 heterocycles. The summed E-state index contributed by atoms with van der Waals surface area (Å²) in [5.74, 6) is 0.525. The molecule has 2 aromatic carbocycles. The maximum atomic E-state index is 12.6. The molecule has 0 aliphatic rings. The smallest absolute Gasteiger partial charge is 0.252 e. The van der Waals surface area contributed by atoms with Crippen molar-refractivity contribution in [3.63, 3.8) is 0 Å². The van der Waals surface area contributed by atoms with Crippen LogP contribution in [0.4, 0.5) is 0 Å². The number of hydrogen-bond donors (Lipinski definition) is 1. The molecule has 116 valence electrons. The molecule has 22 heavy (non-hydrogen) atoms. The summed E-state index contributed by atoms with van der Waals surface area (Å²) in [4.78, 5) is 12.6. The quantitative estimate of drug-likeness (QED) is 0.841. The van der Waals surface area contributed by atoms with E-state index < -0.39 is 0 Å². The van der Waals surface area contributed by atoms with Crippen LogP contribution in [0.5, 0.6) is 0 Å². The lowest BCUT2D eigenvalue weighted by Gasteiger charge is -2.22. The van der Waals surface area contributed by atoms with Crippen LogP contribution < -0.4 is 5.32 Å². The topological polar surface area (TPSA) is 29.1 Å². The van der Waals surface area contributed by atoms with Gasteiger partial charge in [0, 0.05) is 5.56 Å². The largest absolute Gasteiger partial charge is 0.345 e. The van der Waals surface area contributed by atoms with Crippen LogP contribution >= 0.6 is 0 Å². The average Bonchev–Trinajstić information content (AvgIpc) is 2.46. The van der Waals surface area contributed by atoms with E-state index in [-0.39, 0.29) is 11.9 Å². The summed E-state index contributed by atoms with van der Waals surface area (Å²) >= 11 is 0. The standard InChI is InChI=1S/C20H25NO/c1-14(2)12-19(17-8-6-5-7-9-17)21-20(22)18-11-10-15(3)13-16(18)4/h5-11,13-14,19H,12H2,1-4H3,(H,21,22). The highest BCUT2D eigenvalue weighted by Crippen LogP contribution is 2.22. The van der Waals surface area contributed by atoms with Crippen molar-refractivity contribution in [3.8, 4) is 0 Å². The Bertz CT molecular complexity index is 631. The number of amides is 1. The molecule has 2 nitrogen and oxygen atoms in total. The van der Waals surface area contributed by atoms with Crippen LogP contribution in [0, 0.1) is 19.8 Å². The minimum absolute atomic E-state index is 0.00648. The van der Waals surface area contributed by atoms with Crippen molar-refractivity contribution in [2.45, 2.75) is 40.2 Å². The zero-order valence-corrected chi connectivity index (χ0v) is 13.9. The third kappa shape index (κ3) is 4.20. The molecule has 2 heteroatoms. The first-order valence-corrected chi connectivity index (χ1v) is 7.90. The molecule has 0 bridgehead atoms. The van der Waals surface area contributed by atoms with Crippen LogP contribution in [0.3, 0.4) is 0 Å². The van der Waals surface area contributed by atoms with Crippen molar-refractivity contribution in [1.82, 2.24) is 5.32 Å². The molecule has 0 saturated heterocycles. The van der Waals surface area contributed by atoms with Gasteiger partial charge in [-0.3, -0.25) is 4.79 Å². The molecule has 0 aliphatic carbocycles. The molecular formula is C20H25NO. The molecule has 0 aromatic heterocycles. The molecule has 1 amide bonds. The zero-order chi connectivity index (χ0) is 16.1. The van der Waals surface area contributed by atoms with Crippen LogP contribution in [0.25, 0.3) is 0 Å². The predicted octanol–water partition coefficient (Wildman–Crippen LogP) is 4.82. The van der Waals surface area contributed by atoms with Gasteiger partial charge >= 0.3 is 0 Å². The SMILES string of the molecule is Cc1ccc(C(=O)NC(CC(C)C)c2ccccc2)c(C)c1. The van der Waals surface area contributed by atoms with Crippen molar-refractivity contribution >= 4 is 5.91 Å². The second kappa shape index (κ2) is 7.26.